The Morgan fingerprint density at radius 1 is 1.26 bits per heavy atom. The molecule has 3 heterocycles. The Hall–Kier alpha value is -3.29. The minimum absolute atomic E-state index is 0.0916. The predicted octanol–water partition coefficient (Wildman–Crippen LogP) is 3.58. The summed E-state index contributed by atoms with van der Waals surface area (Å²) in [6, 6.07) is 8.28. The van der Waals surface area contributed by atoms with Crippen LogP contribution in [-0.4, -0.2) is 22.8 Å². The second-order valence-electron chi connectivity index (χ2n) is 6.34. The van der Waals surface area contributed by atoms with Crippen molar-refractivity contribution in [2.45, 2.75) is 26.3 Å². The van der Waals surface area contributed by atoms with Crippen LogP contribution in [0.25, 0.3) is 11.4 Å². The van der Waals surface area contributed by atoms with Gasteiger partial charge >= 0.3 is 0 Å². The highest BCUT2D eigenvalue weighted by Crippen LogP contribution is 2.35. The Morgan fingerprint density at radius 3 is 2.89 bits per heavy atom. The Kier molecular flexibility index (Phi) is 4.53. The number of rotatable bonds is 6. The van der Waals surface area contributed by atoms with E-state index in [0.29, 0.717) is 23.2 Å². The van der Waals surface area contributed by atoms with E-state index in [1.54, 1.807) is 24.3 Å². The molecule has 0 radical (unpaired) electrons. The molecule has 0 fully saturated rings. The topological polar surface area (TPSA) is 99.6 Å². The van der Waals surface area contributed by atoms with Gasteiger partial charge in [0, 0.05) is 5.56 Å². The molecule has 1 aromatic carbocycles. The third-order valence-electron chi connectivity index (χ3n) is 4.58. The molecule has 4 rings (SSSR count). The minimum Gasteiger partial charge on any atom is -0.459 e. The van der Waals surface area contributed by atoms with Gasteiger partial charge in [-0.2, -0.15) is 4.98 Å². The normalized spacial score (nSPS) is 14.7. The quantitative estimate of drug-likeness (QED) is 0.709. The van der Waals surface area contributed by atoms with Crippen LogP contribution in [0.15, 0.2) is 45.5 Å². The summed E-state index contributed by atoms with van der Waals surface area (Å²) in [5.74, 6) is 2.09. The van der Waals surface area contributed by atoms with Gasteiger partial charge in [-0.15, -0.1) is 0 Å². The molecule has 1 N–H and O–H groups in total. The molecule has 8 nitrogen and oxygen atoms in total. The lowest BCUT2D eigenvalue weighted by Gasteiger charge is -2.20. The van der Waals surface area contributed by atoms with Gasteiger partial charge in [-0.25, -0.2) is 0 Å². The second-order valence-corrected chi connectivity index (χ2v) is 6.34. The summed E-state index contributed by atoms with van der Waals surface area (Å²) in [6.45, 7) is 4.24. The van der Waals surface area contributed by atoms with E-state index in [-0.39, 0.29) is 24.4 Å². The third-order valence-corrected chi connectivity index (χ3v) is 4.58. The van der Waals surface area contributed by atoms with Crippen molar-refractivity contribution in [1.82, 2.24) is 15.5 Å². The number of nitrogens with zero attached hydrogens (tertiary/aromatic N) is 2. The summed E-state index contributed by atoms with van der Waals surface area (Å²) in [5.41, 5.74) is 0.745. The molecule has 2 aromatic heterocycles. The summed E-state index contributed by atoms with van der Waals surface area (Å²) in [4.78, 5) is 16.9. The van der Waals surface area contributed by atoms with Crippen LogP contribution in [0.3, 0.4) is 0 Å². The van der Waals surface area contributed by atoms with Gasteiger partial charge in [0.1, 0.15) is 6.04 Å². The molecule has 2 atom stereocenters. The van der Waals surface area contributed by atoms with Crippen LogP contribution < -0.4 is 14.8 Å². The van der Waals surface area contributed by atoms with Crippen LogP contribution in [0.1, 0.15) is 42.8 Å². The van der Waals surface area contributed by atoms with Gasteiger partial charge in [0.05, 0.1) is 6.26 Å². The maximum atomic E-state index is 12.4. The van der Waals surface area contributed by atoms with Crippen LogP contribution in [0.5, 0.6) is 11.5 Å². The first-order chi connectivity index (χ1) is 13.2. The number of hydrogen-bond acceptors (Lipinski definition) is 7. The summed E-state index contributed by atoms with van der Waals surface area (Å²) in [5, 5.41) is 6.98. The van der Waals surface area contributed by atoms with E-state index in [2.05, 4.69) is 15.5 Å². The molecule has 0 unspecified atom stereocenters. The standard InChI is InChI=1S/C19H19N3O5/c1-3-11(2)16(20-18(23)14-5-4-8-24-14)19-21-17(22-27-19)12-6-7-13-15(9-12)26-10-25-13/h4-9,11,16H,3,10H2,1-2H3,(H,20,23)/t11-,16-/m0/s1. The number of fused-ring (bicyclic) bond motifs is 1. The second kappa shape index (κ2) is 7.14. The third kappa shape index (κ3) is 3.38. The van der Waals surface area contributed by atoms with Crippen LogP contribution in [0.2, 0.25) is 0 Å². The fraction of sp³-hybridized carbons (Fsp3) is 0.316. The molecule has 8 heteroatoms. The van der Waals surface area contributed by atoms with Crippen LogP contribution in [-0.2, 0) is 0 Å². The fourth-order valence-electron chi connectivity index (χ4n) is 2.82. The number of carbonyl (C=O) groups is 1. The number of nitrogens with one attached hydrogen (secondary N) is 1. The Labute approximate surface area is 155 Å². The zero-order chi connectivity index (χ0) is 18.8. The number of benzene rings is 1. The molecule has 0 spiro atoms. The minimum atomic E-state index is -0.428. The molecule has 27 heavy (non-hydrogen) atoms. The summed E-state index contributed by atoms with van der Waals surface area (Å²) in [7, 11) is 0. The number of ether oxygens (including phenoxy) is 2. The highest BCUT2D eigenvalue weighted by molar-refractivity contribution is 5.91. The fourth-order valence-corrected chi connectivity index (χ4v) is 2.82. The van der Waals surface area contributed by atoms with E-state index < -0.39 is 6.04 Å². The van der Waals surface area contributed by atoms with Gasteiger partial charge in [0.2, 0.25) is 18.5 Å². The predicted molar refractivity (Wildman–Crippen MR) is 94.2 cm³/mol. The van der Waals surface area contributed by atoms with E-state index in [9.17, 15) is 4.79 Å². The smallest absolute Gasteiger partial charge is 0.287 e. The van der Waals surface area contributed by atoms with E-state index >= 15 is 0 Å². The molecule has 0 saturated heterocycles. The summed E-state index contributed by atoms with van der Waals surface area (Å²) < 4.78 is 21.3. The van der Waals surface area contributed by atoms with Crippen molar-refractivity contribution in [3.63, 3.8) is 0 Å². The zero-order valence-electron chi connectivity index (χ0n) is 15.0. The molecule has 3 aromatic rings. The molecule has 1 aliphatic rings. The first kappa shape index (κ1) is 17.1. The highest BCUT2D eigenvalue weighted by atomic mass is 16.7. The van der Waals surface area contributed by atoms with E-state index in [1.165, 1.54) is 6.26 Å². The van der Waals surface area contributed by atoms with Crippen LogP contribution in [0, 0.1) is 5.92 Å². The van der Waals surface area contributed by atoms with Crippen molar-refractivity contribution in [1.29, 1.82) is 0 Å². The lowest BCUT2D eigenvalue weighted by atomic mass is 9.99. The first-order valence-electron chi connectivity index (χ1n) is 8.73. The van der Waals surface area contributed by atoms with Crippen molar-refractivity contribution in [3.8, 4) is 22.9 Å². The Bertz CT molecular complexity index is 935. The van der Waals surface area contributed by atoms with Gasteiger partial charge in [0.25, 0.3) is 5.91 Å². The number of furan rings is 1. The van der Waals surface area contributed by atoms with E-state index in [1.807, 2.05) is 19.9 Å². The molecule has 0 saturated carbocycles. The number of aromatic nitrogens is 2. The largest absolute Gasteiger partial charge is 0.459 e. The van der Waals surface area contributed by atoms with Gasteiger partial charge in [-0.3, -0.25) is 4.79 Å². The van der Waals surface area contributed by atoms with Gasteiger partial charge < -0.3 is 23.7 Å². The van der Waals surface area contributed by atoms with Crippen molar-refractivity contribution in [3.05, 3.63) is 48.2 Å². The van der Waals surface area contributed by atoms with Crippen molar-refractivity contribution < 1.29 is 23.2 Å². The highest BCUT2D eigenvalue weighted by Gasteiger charge is 2.28. The van der Waals surface area contributed by atoms with Gasteiger partial charge in [-0.05, 0) is 36.2 Å². The van der Waals surface area contributed by atoms with Crippen molar-refractivity contribution >= 4 is 5.91 Å². The molecule has 1 aliphatic heterocycles. The molecular weight excluding hydrogens is 350 g/mol. The van der Waals surface area contributed by atoms with Gasteiger partial charge in [0.15, 0.2) is 17.3 Å². The Balaban J connectivity index is 1.59. The first-order valence-corrected chi connectivity index (χ1v) is 8.73. The molecular formula is C19H19N3O5. The number of carbonyl (C=O) groups excluding carboxylic acids is 1. The maximum absolute atomic E-state index is 12.4. The Morgan fingerprint density at radius 2 is 2.11 bits per heavy atom. The maximum Gasteiger partial charge on any atom is 0.287 e. The van der Waals surface area contributed by atoms with Crippen LogP contribution >= 0.6 is 0 Å². The van der Waals surface area contributed by atoms with Gasteiger partial charge in [-0.1, -0.05) is 25.4 Å². The van der Waals surface area contributed by atoms with E-state index in [4.69, 9.17) is 18.4 Å². The average Bonchev–Trinajstić information content (AvgIpc) is 3.45. The molecule has 0 aliphatic carbocycles. The van der Waals surface area contributed by atoms with Crippen LogP contribution in [0.4, 0.5) is 0 Å². The average molecular weight is 369 g/mol. The lowest BCUT2D eigenvalue weighted by Crippen LogP contribution is -2.32. The summed E-state index contributed by atoms with van der Waals surface area (Å²) in [6.07, 6.45) is 2.28. The zero-order valence-corrected chi connectivity index (χ0v) is 15.0. The number of amides is 1. The molecule has 140 valence electrons. The lowest BCUT2D eigenvalue weighted by molar-refractivity contribution is 0.0882. The number of hydrogen-bond donors (Lipinski definition) is 1. The van der Waals surface area contributed by atoms with Crippen molar-refractivity contribution in [2.24, 2.45) is 5.92 Å². The molecule has 1 amide bonds. The molecule has 0 bridgehead atoms. The van der Waals surface area contributed by atoms with E-state index in [0.717, 1.165) is 12.0 Å². The summed E-state index contributed by atoms with van der Waals surface area (Å²) >= 11 is 0. The monoisotopic (exact) mass is 369 g/mol. The SMILES string of the molecule is CC[C@H](C)[C@H](NC(=O)c1ccco1)c1nc(-c2ccc3c(c2)OCO3)no1. The van der Waals surface area contributed by atoms with Crippen molar-refractivity contribution in [2.75, 3.05) is 6.79 Å².